The maximum Gasteiger partial charge on any atom is 0.316 e. The van der Waals surface area contributed by atoms with Crippen LogP contribution in [0, 0.1) is 0 Å². The number of benzene rings is 1. The number of aromatic nitrogens is 4. The topological polar surface area (TPSA) is 92.9 Å². The van der Waals surface area contributed by atoms with E-state index in [0.717, 1.165) is 5.69 Å². The number of nitrogens with zero attached hydrogens (tertiary/aromatic N) is 3. The first-order valence-electron chi connectivity index (χ1n) is 6.07. The van der Waals surface area contributed by atoms with Gasteiger partial charge in [-0.15, -0.1) is 12.4 Å². The van der Waals surface area contributed by atoms with Crippen LogP contribution >= 0.6 is 12.4 Å². The highest BCUT2D eigenvalue weighted by molar-refractivity contribution is 5.85. The van der Waals surface area contributed by atoms with Crippen molar-refractivity contribution in [3.8, 4) is 5.69 Å². The highest BCUT2D eigenvalue weighted by Gasteiger charge is 2.08. The normalized spacial score (nSPS) is 10.5. The van der Waals surface area contributed by atoms with Crippen LogP contribution < -0.4 is 11.1 Å². The fraction of sp³-hybridized carbons (Fsp3) is 0.154. The van der Waals surface area contributed by atoms with E-state index in [0.29, 0.717) is 11.0 Å². The lowest BCUT2D eigenvalue weighted by atomic mass is 10.2. The molecule has 110 valence electrons. The average Bonchev–Trinajstić information content (AvgIpc) is 2.98. The molecule has 8 heteroatoms. The summed E-state index contributed by atoms with van der Waals surface area (Å²) in [4.78, 5) is 29.9. The zero-order chi connectivity index (χ0) is 14.1. The van der Waals surface area contributed by atoms with Crippen molar-refractivity contribution in [2.24, 2.45) is 0 Å². The monoisotopic (exact) mass is 308 g/mol. The molecule has 0 atom stereocenters. The highest BCUT2D eigenvalue weighted by Crippen LogP contribution is 2.14. The van der Waals surface area contributed by atoms with Gasteiger partial charge in [0.25, 0.3) is 0 Å². The Morgan fingerprint density at radius 1 is 1.29 bits per heavy atom. The number of H-pyrrole nitrogens is 1. The van der Waals surface area contributed by atoms with Crippen LogP contribution in [0.3, 0.4) is 0 Å². The molecule has 7 nitrogen and oxygen atoms in total. The molecule has 0 aliphatic rings. The summed E-state index contributed by atoms with van der Waals surface area (Å²) in [7, 11) is 0. The summed E-state index contributed by atoms with van der Waals surface area (Å²) in [5.41, 5.74) is 0.561. The summed E-state index contributed by atoms with van der Waals surface area (Å²) in [5.74, 6) is 0. The molecular weight excluding hydrogens is 296 g/mol. The molecule has 0 aliphatic heterocycles. The van der Waals surface area contributed by atoms with Gasteiger partial charge in [0.15, 0.2) is 0 Å². The van der Waals surface area contributed by atoms with E-state index in [4.69, 9.17) is 5.11 Å². The van der Waals surface area contributed by atoms with Crippen LogP contribution in [-0.4, -0.2) is 30.8 Å². The summed E-state index contributed by atoms with van der Waals surface area (Å²) in [5, 5.41) is 9.06. The van der Waals surface area contributed by atoms with Crippen molar-refractivity contribution in [2.75, 3.05) is 6.61 Å². The number of imidazole rings is 1. The van der Waals surface area contributed by atoms with Crippen LogP contribution in [-0.2, 0) is 6.54 Å². The van der Waals surface area contributed by atoms with Crippen molar-refractivity contribution < 1.29 is 5.11 Å². The molecule has 2 N–H and O–H groups in total. The predicted octanol–water partition coefficient (Wildman–Crippen LogP) is 0.290. The second-order valence-corrected chi connectivity index (χ2v) is 4.31. The van der Waals surface area contributed by atoms with Crippen LogP contribution in [0.25, 0.3) is 16.7 Å². The standard InChI is InChI=1S/C13H12N4O3.ClH/c18-6-5-17-11-7-9(16-4-3-14-8-16)1-2-10(11)15-12(19)13(17)20;/h1-4,7-8,18H,5-6H2,(H,15,19);1H. The maximum atomic E-state index is 11.9. The third kappa shape index (κ3) is 2.61. The van der Waals surface area contributed by atoms with E-state index in [1.807, 2.05) is 6.07 Å². The number of hydrogen-bond acceptors (Lipinski definition) is 4. The van der Waals surface area contributed by atoms with Gasteiger partial charge in [-0.3, -0.25) is 14.2 Å². The van der Waals surface area contributed by atoms with Crippen LogP contribution in [0.15, 0.2) is 46.5 Å². The van der Waals surface area contributed by atoms with Crippen LogP contribution in [0.4, 0.5) is 0 Å². The molecule has 0 fully saturated rings. The molecule has 2 heterocycles. The average molecular weight is 309 g/mol. The fourth-order valence-corrected chi connectivity index (χ4v) is 2.15. The minimum absolute atomic E-state index is 0. The van der Waals surface area contributed by atoms with E-state index < -0.39 is 11.1 Å². The Morgan fingerprint density at radius 3 is 2.76 bits per heavy atom. The fourth-order valence-electron chi connectivity index (χ4n) is 2.15. The first kappa shape index (κ1) is 15.0. The number of aromatic amines is 1. The van der Waals surface area contributed by atoms with Crippen LogP contribution in [0.1, 0.15) is 0 Å². The van der Waals surface area contributed by atoms with Gasteiger partial charge in [-0.05, 0) is 18.2 Å². The first-order chi connectivity index (χ1) is 9.70. The minimum atomic E-state index is -0.693. The summed E-state index contributed by atoms with van der Waals surface area (Å²) < 4.78 is 3.06. The van der Waals surface area contributed by atoms with Gasteiger partial charge < -0.3 is 14.7 Å². The van der Waals surface area contributed by atoms with E-state index in [9.17, 15) is 9.59 Å². The molecule has 0 amide bonds. The molecule has 1 aromatic carbocycles. The molecule has 0 saturated carbocycles. The molecule has 0 unspecified atom stereocenters. The zero-order valence-corrected chi connectivity index (χ0v) is 11.7. The van der Waals surface area contributed by atoms with Crippen molar-refractivity contribution in [1.82, 2.24) is 19.1 Å². The molecule has 0 radical (unpaired) electrons. The van der Waals surface area contributed by atoms with Crippen LogP contribution in [0.2, 0.25) is 0 Å². The van der Waals surface area contributed by atoms with Crippen molar-refractivity contribution in [3.05, 3.63) is 57.6 Å². The lowest BCUT2D eigenvalue weighted by Gasteiger charge is -2.10. The number of aliphatic hydroxyl groups excluding tert-OH is 1. The lowest BCUT2D eigenvalue weighted by Crippen LogP contribution is -2.37. The van der Waals surface area contributed by atoms with Gasteiger partial charge in [-0.25, -0.2) is 4.98 Å². The Kier molecular flexibility index (Phi) is 4.25. The van der Waals surface area contributed by atoms with Gasteiger partial charge in [-0.2, -0.15) is 0 Å². The van der Waals surface area contributed by atoms with E-state index in [-0.39, 0.29) is 25.6 Å². The Hall–Kier alpha value is -2.38. The van der Waals surface area contributed by atoms with Crippen molar-refractivity contribution in [2.45, 2.75) is 6.54 Å². The number of fused-ring (bicyclic) bond motifs is 1. The van der Waals surface area contributed by atoms with Gasteiger partial charge in [0, 0.05) is 24.6 Å². The molecule has 0 bridgehead atoms. The molecule has 0 spiro atoms. The van der Waals surface area contributed by atoms with E-state index in [2.05, 4.69) is 9.97 Å². The maximum absolute atomic E-state index is 11.9. The largest absolute Gasteiger partial charge is 0.395 e. The number of rotatable bonds is 3. The third-order valence-electron chi connectivity index (χ3n) is 3.09. The smallest absolute Gasteiger partial charge is 0.316 e. The zero-order valence-electron chi connectivity index (χ0n) is 10.9. The van der Waals surface area contributed by atoms with Gasteiger partial charge in [0.1, 0.15) is 0 Å². The lowest BCUT2D eigenvalue weighted by molar-refractivity contribution is 0.276. The van der Waals surface area contributed by atoms with Gasteiger partial charge >= 0.3 is 11.1 Å². The molecule has 0 aliphatic carbocycles. The number of hydrogen-bond donors (Lipinski definition) is 2. The second kappa shape index (κ2) is 5.94. The quantitative estimate of drug-likeness (QED) is 0.680. The molecule has 3 rings (SSSR count). The molecule has 21 heavy (non-hydrogen) atoms. The Labute approximate surface area is 124 Å². The first-order valence-corrected chi connectivity index (χ1v) is 6.07. The predicted molar refractivity (Wildman–Crippen MR) is 80.3 cm³/mol. The minimum Gasteiger partial charge on any atom is -0.395 e. The summed E-state index contributed by atoms with van der Waals surface area (Å²) >= 11 is 0. The molecular formula is C13H13ClN4O3. The number of aliphatic hydroxyl groups is 1. The van der Waals surface area contributed by atoms with Gasteiger partial charge in [0.2, 0.25) is 0 Å². The Morgan fingerprint density at radius 2 is 2.10 bits per heavy atom. The summed E-state index contributed by atoms with van der Waals surface area (Å²) in [6.45, 7) is -0.138. The second-order valence-electron chi connectivity index (χ2n) is 4.31. The van der Waals surface area contributed by atoms with E-state index in [1.165, 1.54) is 4.57 Å². The van der Waals surface area contributed by atoms with Crippen molar-refractivity contribution in [1.29, 1.82) is 0 Å². The van der Waals surface area contributed by atoms with Crippen LogP contribution in [0.5, 0.6) is 0 Å². The molecule has 0 saturated heterocycles. The number of halogens is 1. The van der Waals surface area contributed by atoms with Gasteiger partial charge in [0.05, 0.1) is 24.0 Å². The van der Waals surface area contributed by atoms with Crippen molar-refractivity contribution >= 4 is 23.4 Å². The number of nitrogens with one attached hydrogen (secondary N) is 1. The molecule has 3 aromatic rings. The third-order valence-corrected chi connectivity index (χ3v) is 3.09. The van der Waals surface area contributed by atoms with E-state index >= 15 is 0 Å². The molecule has 2 aromatic heterocycles. The Balaban J connectivity index is 0.00000161. The van der Waals surface area contributed by atoms with Gasteiger partial charge in [-0.1, -0.05) is 0 Å². The highest BCUT2D eigenvalue weighted by atomic mass is 35.5. The Bertz CT molecular complexity index is 867. The SMILES string of the molecule is Cl.O=c1[nH]c2ccc(-n3ccnc3)cc2n(CCO)c1=O. The van der Waals surface area contributed by atoms with E-state index in [1.54, 1.807) is 35.4 Å². The summed E-state index contributed by atoms with van der Waals surface area (Å²) in [6, 6.07) is 5.30. The van der Waals surface area contributed by atoms with Crippen molar-refractivity contribution in [3.63, 3.8) is 0 Å². The summed E-state index contributed by atoms with van der Waals surface area (Å²) in [6.07, 6.45) is 5.07.